The molecule has 3 heteroatoms. The summed E-state index contributed by atoms with van der Waals surface area (Å²) < 4.78 is 27.0. The first kappa shape index (κ1) is 14.2. The van der Waals surface area contributed by atoms with Crippen LogP contribution in [-0.2, 0) is 0 Å². The lowest BCUT2D eigenvalue weighted by Crippen LogP contribution is -2.41. The van der Waals surface area contributed by atoms with E-state index in [1.165, 1.54) is 17.7 Å². The Hall–Kier alpha value is -1.74. The SMILES string of the molecule is CC(NC1CC(c2ccccc2)C1)c1cc(F)ccc1F. The van der Waals surface area contributed by atoms with Crippen molar-refractivity contribution in [3.63, 3.8) is 0 Å². The zero-order valence-corrected chi connectivity index (χ0v) is 12.0. The fourth-order valence-electron chi connectivity index (χ4n) is 3.04. The van der Waals surface area contributed by atoms with Crippen LogP contribution in [0.2, 0.25) is 0 Å². The fourth-order valence-corrected chi connectivity index (χ4v) is 3.04. The molecule has 3 rings (SSSR count). The molecule has 1 saturated carbocycles. The number of rotatable bonds is 4. The van der Waals surface area contributed by atoms with Gasteiger partial charge in [-0.3, -0.25) is 0 Å². The summed E-state index contributed by atoms with van der Waals surface area (Å²) in [6.45, 7) is 1.88. The second-order valence-corrected chi connectivity index (χ2v) is 5.83. The molecule has 1 N–H and O–H groups in total. The zero-order valence-electron chi connectivity index (χ0n) is 12.0. The molecule has 21 heavy (non-hydrogen) atoms. The minimum absolute atomic E-state index is 0.178. The van der Waals surface area contributed by atoms with Crippen molar-refractivity contribution in [2.75, 3.05) is 0 Å². The maximum absolute atomic E-state index is 13.7. The normalized spacial score (nSPS) is 22.6. The Kier molecular flexibility index (Phi) is 4.02. The van der Waals surface area contributed by atoms with Gasteiger partial charge in [-0.1, -0.05) is 30.3 Å². The van der Waals surface area contributed by atoms with Crippen molar-refractivity contribution in [2.24, 2.45) is 0 Å². The molecular weight excluding hydrogens is 268 g/mol. The molecule has 1 aliphatic carbocycles. The van der Waals surface area contributed by atoms with Crippen LogP contribution in [0.3, 0.4) is 0 Å². The molecule has 0 saturated heterocycles. The maximum Gasteiger partial charge on any atom is 0.128 e. The third-order valence-electron chi connectivity index (χ3n) is 4.32. The van der Waals surface area contributed by atoms with Gasteiger partial charge >= 0.3 is 0 Å². The van der Waals surface area contributed by atoms with Crippen molar-refractivity contribution in [3.8, 4) is 0 Å². The standard InChI is InChI=1S/C18H19F2N/c1-12(17-11-15(19)7-8-18(17)20)21-16-9-14(10-16)13-5-3-2-4-6-13/h2-8,11-12,14,16,21H,9-10H2,1H3. The summed E-state index contributed by atoms with van der Waals surface area (Å²) in [5.41, 5.74) is 1.76. The van der Waals surface area contributed by atoms with E-state index < -0.39 is 5.82 Å². The molecule has 110 valence electrons. The molecule has 2 aromatic rings. The van der Waals surface area contributed by atoms with Crippen molar-refractivity contribution in [1.82, 2.24) is 5.32 Å². The molecule has 0 bridgehead atoms. The Bertz CT molecular complexity index is 606. The minimum Gasteiger partial charge on any atom is -0.307 e. The van der Waals surface area contributed by atoms with E-state index in [1.807, 2.05) is 13.0 Å². The van der Waals surface area contributed by atoms with E-state index in [0.29, 0.717) is 17.5 Å². The highest BCUT2D eigenvalue weighted by atomic mass is 19.1. The first-order valence-electron chi connectivity index (χ1n) is 7.39. The average Bonchev–Trinajstić information content (AvgIpc) is 2.45. The van der Waals surface area contributed by atoms with Gasteiger partial charge in [0.05, 0.1) is 0 Å². The van der Waals surface area contributed by atoms with Crippen LogP contribution in [0.4, 0.5) is 8.78 Å². The van der Waals surface area contributed by atoms with Crippen LogP contribution < -0.4 is 5.32 Å². The summed E-state index contributed by atoms with van der Waals surface area (Å²) in [5.74, 6) is -0.167. The van der Waals surface area contributed by atoms with Gasteiger partial charge in [0.25, 0.3) is 0 Å². The van der Waals surface area contributed by atoms with Crippen LogP contribution >= 0.6 is 0 Å². The van der Waals surface area contributed by atoms with Gasteiger partial charge < -0.3 is 5.32 Å². The first-order chi connectivity index (χ1) is 10.1. The quantitative estimate of drug-likeness (QED) is 0.869. The number of nitrogens with one attached hydrogen (secondary N) is 1. The molecule has 0 aliphatic heterocycles. The molecule has 1 fully saturated rings. The van der Waals surface area contributed by atoms with Gasteiger partial charge in [0.2, 0.25) is 0 Å². The smallest absolute Gasteiger partial charge is 0.128 e. The topological polar surface area (TPSA) is 12.0 Å². The lowest BCUT2D eigenvalue weighted by atomic mass is 9.75. The Labute approximate surface area is 124 Å². The summed E-state index contributed by atoms with van der Waals surface area (Å²) in [5, 5.41) is 3.39. The molecule has 1 nitrogen and oxygen atoms in total. The summed E-state index contributed by atoms with van der Waals surface area (Å²) in [4.78, 5) is 0. The van der Waals surface area contributed by atoms with Crippen LogP contribution in [0.15, 0.2) is 48.5 Å². The molecule has 0 radical (unpaired) electrons. The third-order valence-corrected chi connectivity index (χ3v) is 4.32. The van der Waals surface area contributed by atoms with Gasteiger partial charge in [0, 0.05) is 17.6 Å². The van der Waals surface area contributed by atoms with Crippen LogP contribution in [0.25, 0.3) is 0 Å². The van der Waals surface area contributed by atoms with Crippen LogP contribution in [0.1, 0.15) is 42.9 Å². The monoisotopic (exact) mass is 287 g/mol. The van der Waals surface area contributed by atoms with E-state index in [1.54, 1.807) is 0 Å². The maximum atomic E-state index is 13.7. The van der Waals surface area contributed by atoms with Crippen molar-refractivity contribution in [1.29, 1.82) is 0 Å². The lowest BCUT2D eigenvalue weighted by molar-refractivity contribution is 0.269. The first-order valence-corrected chi connectivity index (χ1v) is 7.39. The van der Waals surface area contributed by atoms with E-state index in [2.05, 4.69) is 29.6 Å². The number of hydrogen-bond acceptors (Lipinski definition) is 1. The second kappa shape index (κ2) is 5.94. The van der Waals surface area contributed by atoms with Gasteiger partial charge in [-0.2, -0.15) is 0 Å². The van der Waals surface area contributed by atoms with E-state index in [0.717, 1.165) is 18.9 Å². The predicted molar refractivity (Wildman–Crippen MR) is 80.1 cm³/mol. The van der Waals surface area contributed by atoms with Crippen molar-refractivity contribution < 1.29 is 8.78 Å². The van der Waals surface area contributed by atoms with Crippen molar-refractivity contribution in [3.05, 3.63) is 71.3 Å². The van der Waals surface area contributed by atoms with Gasteiger partial charge in [-0.25, -0.2) is 8.78 Å². The summed E-state index contributed by atoms with van der Waals surface area (Å²) in [6.07, 6.45) is 2.09. The van der Waals surface area contributed by atoms with Crippen molar-refractivity contribution in [2.45, 2.75) is 37.8 Å². The number of benzene rings is 2. The van der Waals surface area contributed by atoms with Gasteiger partial charge in [-0.05, 0) is 49.4 Å². The largest absolute Gasteiger partial charge is 0.307 e. The van der Waals surface area contributed by atoms with Crippen molar-refractivity contribution >= 4 is 0 Å². The Morgan fingerprint density at radius 1 is 1.05 bits per heavy atom. The molecule has 1 atom stereocenters. The Morgan fingerprint density at radius 3 is 2.48 bits per heavy atom. The molecular formula is C18H19F2N. The summed E-state index contributed by atoms with van der Waals surface area (Å²) >= 11 is 0. The minimum atomic E-state index is -0.393. The highest BCUT2D eigenvalue weighted by Gasteiger charge is 2.31. The fraction of sp³-hybridized carbons (Fsp3) is 0.333. The molecule has 0 heterocycles. The lowest BCUT2D eigenvalue weighted by Gasteiger charge is -2.38. The average molecular weight is 287 g/mol. The number of hydrogen-bond donors (Lipinski definition) is 1. The van der Waals surface area contributed by atoms with E-state index in [-0.39, 0.29) is 11.9 Å². The Balaban J connectivity index is 1.58. The van der Waals surface area contributed by atoms with E-state index >= 15 is 0 Å². The summed E-state index contributed by atoms with van der Waals surface area (Å²) in [7, 11) is 0. The van der Waals surface area contributed by atoms with Crippen LogP contribution in [0, 0.1) is 11.6 Å². The highest BCUT2D eigenvalue weighted by molar-refractivity contribution is 5.24. The van der Waals surface area contributed by atoms with Crippen LogP contribution in [-0.4, -0.2) is 6.04 Å². The molecule has 2 aromatic carbocycles. The molecule has 1 aliphatic rings. The van der Waals surface area contributed by atoms with E-state index in [4.69, 9.17) is 0 Å². The molecule has 0 amide bonds. The summed E-state index contributed by atoms with van der Waals surface area (Å²) in [6, 6.07) is 14.2. The van der Waals surface area contributed by atoms with Gasteiger partial charge in [0.15, 0.2) is 0 Å². The van der Waals surface area contributed by atoms with Gasteiger partial charge in [0.1, 0.15) is 11.6 Å². The predicted octanol–water partition coefficient (Wildman–Crippen LogP) is 4.56. The zero-order chi connectivity index (χ0) is 14.8. The van der Waals surface area contributed by atoms with E-state index in [9.17, 15) is 8.78 Å². The Morgan fingerprint density at radius 2 is 1.76 bits per heavy atom. The third kappa shape index (κ3) is 3.13. The van der Waals surface area contributed by atoms with Gasteiger partial charge in [-0.15, -0.1) is 0 Å². The second-order valence-electron chi connectivity index (χ2n) is 5.83. The molecule has 0 spiro atoms. The van der Waals surface area contributed by atoms with Crippen LogP contribution in [0.5, 0.6) is 0 Å². The number of halogens is 2. The highest BCUT2D eigenvalue weighted by Crippen LogP contribution is 2.37. The molecule has 0 aromatic heterocycles. The molecule has 1 unspecified atom stereocenters.